The highest BCUT2D eigenvalue weighted by molar-refractivity contribution is 6.29. The molecule has 6 heteroatoms. The monoisotopic (exact) mass is 241 g/mol. The van der Waals surface area contributed by atoms with Crippen LogP contribution >= 0.6 is 11.6 Å². The maximum Gasteiger partial charge on any atom is 0.274 e. The van der Waals surface area contributed by atoms with Crippen molar-refractivity contribution in [2.24, 2.45) is 0 Å². The van der Waals surface area contributed by atoms with E-state index in [0.29, 0.717) is 6.54 Å². The number of nitrogens with zero attached hydrogens (tertiary/aromatic N) is 3. The zero-order valence-corrected chi connectivity index (χ0v) is 9.39. The van der Waals surface area contributed by atoms with Gasteiger partial charge >= 0.3 is 0 Å². The van der Waals surface area contributed by atoms with Crippen LogP contribution in [0.3, 0.4) is 0 Å². The van der Waals surface area contributed by atoms with E-state index in [-0.39, 0.29) is 29.4 Å². The van der Waals surface area contributed by atoms with Crippen molar-refractivity contribution in [3.05, 3.63) is 23.2 Å². The van der Waals surface area contributed by atoms with Gasteiger partial charge in [0.15, 0.2) is 0 Å². The van der Waals surface area contributed by atoms with Crippen LogP contribution in [-0.4, -0.2) is 45.1 Å². The third-order valence-electron chi connectivity index (χ3n) is 2.41. The molecule has 0 unspecified atom stereocenters. The predicted octanol–water partition coefficient (Wildman–Crippen LogP) is 0.727. The third kappa shape index (κ3) is 2.48. The summed E-state index contributed by atoms with van der Waals surface area (Å²) in [5.74, 6) is -0.216. The molecule has 1 amide bonds. The molecule has 1 N–H and O–H groups in total. The van der Waals surface area contributed by atoms with Crippen molar-refractivity contribution in [1.29, 1.82) is 0 Å². The SMILES string of the molecule is O=C(c1cncc(Cl)n1)N(CCO)C1CC1. The second kappa shape index (κ2) is 4.76. The Kier molecular flexibility index (Phi) is 3.36. The fourth-order valence-corrected chi connectivity index (χ4v) is 1.68. The third-order valence-corrected chi connectivity index (χ3v) is 2.60. The molecule has 0 aliphatic heterocycles. The second-order valence-electron chi connectivity index (χ2n) is 3.68. The molecule has 1 aromatic rings. The van der Waals surface area contributed by atoms with Crippen molar-refractivity contribution in [3.63, 3.8) is 0 Å². The van der Waals surface area contributed by atoms with E-state index >= 15 is 0 Å². The van der Waals surface area contributed by atoms with Crippen LogP contribution in [0.1, 0.15) is 23.3 Å². The van der Waals surface area contributed by atoms with Crippen LogP contribution in [0.2, 0.25) is 5.15 Å². The summed E-state index contributed by atoms with van der Waals surface area (Å²) in [5.41, 5.74) is 0.229. The van der Waals surface area contributed by atoms with Crippen LogP contribution in [-0.2, 0) is 0 Å². The van der Waals surface area contributed by atoms with Gasteiger partial charge in [0.25, 0.3) is 5.91 Å². The Morgan fingerprint density at radius 1 is 1.56 bits per heavy atom. The Morgan fingerprint density at radius 3 is 2.88 bits per heavy atom. The molecule has 0 saturated heterocycles. The van der Waals surface area contributed by atoms with Gasteiger partial charge in [0.1, 0.15) is 10.8 Å². The van der Waals surface area contributed by atoms with Crippen molar-refractivity contribution < 1.29 is 9.90 Å². The minimum absolute atomic E-state index is 0.0454. The van der Waals surface area contributed by atoms with Gasteiger partial charge in [-0.2, -0.15) is 0 Å². The first-order valence-electron chi connectivity index (χ1n) is 5.11. The van der Waals surface area contributed by atoms with E-state index in [9.17, 15) is 4.79 Å². The quantitative estimate of drug-likeness (QED) is 0.844. The van der Waals surface area contributed by atoms with E-state index < -0.39 is 0 Å². The van der Waals surface area contributed by atoms with Crippen LogP contribution in [0.15, 0.2) is 12.4 Å². The predicted molar refractivity (Wildman–Crippen MR) is 58.2 cm³/mol. The molecule has 0 aromatic carbocycles. The highest BCUT2D eigenvalue weighted by atomic mass is 35.5. The number of carbonyl (C=O) groups is 1. The Hall–Kier alpha value is -1.20. The van der Waals surface area contributed by atoms with E-state index in [1.54, 1.807) is 4.90 Å². The molecule has 2 rings (SSSR count). The number of aromatic nitrogens is 2. The highest BCUT2D eigenvalue weighted by Crippen LogP contribution is 2.27. The lowest BCUT2D eigenvalue weighted by atomic mass is 10.3. The fourth-order valence-electron chi connectivity index (χ4n) is 1.54. The second-order valence-corrected chi connectivity index (χ2v) is 4.07. The molecule has 86 valence electrons. The molecular weight excluding hydrogens is 230 g/mol. The maximum absolute atomic E-state index is 12.0. The first-order valence-corrected chi connectivity index (χ1v) is 5.49. The molecule has 0 atom stereocenters. The normalized spacial score (nSPS) is 14.9. The van der Waals surface area contributed by atoms with Gasteiger partial charge in [0.05, 0.1) is 19.0 Å². The Balaban J connectivity index is 2.15. The first-order chi connectivity index (χ1) is 7.72. The van der Waals surface area contributed by atoms with Gasteiger partial charge in [-0.05, 0) is 12.8 Å². The number of aliphatic hydroxyl groups is 1. The Labute approximate surface area is 98.1 Å². The van der Waals surface area contributed by atoms with E-state index in [2.05, 4.69) is 9.97 Å². The summed E-state index contributed by atoms with van der Waals surface area (Å²) in [6.45, 7) is 0.286. The van der Waals surface area contributed by atoms with Gasteiger partial charge in [0, 0.05) is 12.6 Å². The molecule has 1 heterocycles. The van der Waals surface area contributed by atoms with Gasteiger partial charge in [-0.1, -0.05) is 11.6 Å². The summed E-state index contributed by atoms with van der Waals surface area (Å²) in [5, 5.41) is 9.11. The van der Waals surface area contributed by atoms with Gasteiger partial charge in [-0.25, -0.2) is 4.98 Å². The average Bonchev–Trinajstić information content (AvgIpc) is 3.09. The average molecular weight is 242 g/mol. The molecule has 16 heavy (non-hydrogen) atoms. The summed E-state index contributed by atoms with van der Waals surface area (Å²) >= 11 is 5.67. The molecule has 0 bridgehead atoms. The standard InChI is InChI=1S/C10H12ClN3O2/c11-9-6-12-5-8(13-9)10(16)14(3-4-15)7-1-2-7/h5-7,15H,1-4H2. The number of hydrogen-bond acceptors (Lipinski definition) is 4. The van der Waals surface area contributed by atoms with Crippen molar-refractivity contribution in [2.45, 2.75) is 18.9 Å². The van der Waals surface area contributed by atoms with Gasteiger partial charge < -0.3 is 10.0 Å². The molecule has 5 nitrogen and oxygen atoms in total. The minimum atomic E-state index is -0.216. The lowest BCUT2D eigenvalue weighted by Crippen LogP contribution is -2.36. The largest absolute Gasteiger partial charge is 0.395 e. The number of rotatable bonds is 4. The zero-order chi connectivity index (χ0) is 11.5. The lowest BCUT2D eigenvalue weighted by molar-refractivity contribution is 0.0701. The summed E-state index contributed by atoms with van der Waals surface area (Å²) in [6.07, 6.45) is 4.74. The molecule has 0 spiro atoms. The lowest BCUT2D eigenvalue weighted by Gasteiger charge is -2.20. The zero-order valence-electron chi connectivity index (χ0n) is 8.64. The Morgan fingerprint density at radius 2 is 2.31 bits per heavy atom. The van der Waals surface area contributed by atoms with E-state index in [4.69, 9.17) is 16.7 Å². The fraction of sp³-hybridized carbons (Fsp3) is 0.500. The van der Waals surface area contributed by atoms with Crippen LogP contribution in [0.25, 0.3) is 0 Å². The van der Waals surface area contributed by atoms with Gasteiger partial charge in [-0.3, -0.25) is 9.78 Å². The van der Waals surface area contributed by atoms with Gasteiger partial charge in [-0.15, -0.1) is 0 Å². The highest BCUT2D eigenvalue weighted by Gasteiger charge is 2.33. The minimum Gasteiger partial charge on any atom is -0.395 e. The van der Waals surface area contributed by atoms with Crippen molar-refractivity contribution >= 4 is 17.5 Å². The molecular formula is C10H12ClN3O2. The van der Waals surface area contributed by atoms with Gasteiger partial charge in [0.2, 0.25) is 0 Å². The first kappa shape index (κ1) is 11.3. The van der Waals surface area contributed by atoms with Crippen molar-refractivity contribution in [1.82, 2.24) is 14.9 Å². The number of hydrogen-bond donors (Lipinski definition) is 1. The molecule has 1 fully saturated rings. The number of halogens is 1. The molecule has 1 aliphatic carbocycles. The summed E-state index contributed by atoms with van der Waals surface area (Å²) in [7, 11) is 0. The number of amides is 1. The van der Waals surface area contributed by atoms with E-state index in [1.165, 1.54) is 12.4 Å². The summed E-state index contributed by atoms with van der Waals surface area (Å²) in [6, 6.07) is 0.237. The van der Waals surface area contributed by atoms with Crippen molar-refractivity contribution in [3.8, 4) is 0 Å². The van der Waals surface area contributed by atoms with Crippen molar-refractivity contribution in [2.75, 3.05) is 13.2 Å². The molecule has 0 radical (unpaired) electrons. The van der Waals surface area contributed by atoms with E-state index in [0.717, 1.165) is 12.8 Å². The summed E-state index contributed by atoms with van der Waals surface area (Å²) < 4.78 is 0. The van der Waals surface area contributed by atoms with Crippen LogP contribution in [0.4, 0.5) is 0 Å². The van der Waals surface area contributed by atoms with Crippen LogP contribution in [0.5, 0.6) is 0 Å². The molecule has 1 aromatic heterocycles. The topological polar surface area (TPSA) is 66.3 Å². The van der Waals surface area contributed by atoms with E-state index in [1.807, 2.05) is 0 Å². The molecule has 1 aliphatic rings. The summed E-state index contributed by atoms with van der Waals surface area (Å²) in [4.78, 5) is 21.4. The van der Waals surface area contributed by atoms with Crippen LogP contribution < -0.4 is 0 Å². The smallest absolute Gasteiger partial charge is 0.274 e. The number of aliphatic hydroxyl groups excluding tert-OH is 1. The maximum atomic E-state index is 12.0. The number of carbonyl (C=O) groups excluding carboxylic acids is 1. The molecule has 1 saturated carbocycles. The van der Waals surface area contributed by atoms with Crippen LogP contribution in [0, 0.1) is 0 Å². The Bertz CT molecular complexity index is 395.